The molecular weight excluding hydrogens is 220 g/mol. The molecule has 2 unspecified atom stereocenters. The van der Waals surface area contributed by atoms with Crippen LogP contribution in [-0.2, 0) is 0 Å². The highest BCUT2D eigenvalue weighted by Gasteiger charge is 2.21. The van der Waals surface area contributed by atoms with Crippen molar-refractivity contribution in [2.45, 2.75) is 39.7 Å². The fourth-order valence-electron chi connectivity index (χ4n) is 2.71. The van der Waals surface area contributed by atoms with Crippen LogP contribution in [0.1, 0.15) is 32.3 Å². The Kier molecular flexibility index (Phi) is 4.65. The Bertz CT molecular complexity index is 358. The molecule has 0 amide bonds. The van der Waals surface area contributed by atoms with Crippen LogP contribution < -0.4 is 5.32 Å². The van der Waals surface area contributed by atoms with Crippen LogP contribution in [-0.4, -0.2) is 30.6 Å². The number of benzene rings is 1. The number of hydrogen-bond acceptors (Lipinski definition) is 2. The summed E-state index contributed by atoms with van der Waals surface area (Å²) in [6.07, 6.45) is 2.74. The molecule has 0 saturated carbocycles. The van der Waals surface area contributed by atoms with E-state index in [1.165, 1.54) is 30.6 Å². The molecule has 0 radical (unpaired) electrons. The number of nitrogens with zero attached hydrogens (tertiary/aromatic N) is 1. The van der Waals surface area contributed by atoms with Crippen molar-refractivity contribution in [2.24, 2.45) is 5.92 Å². The fourth-order valence-corrected chi connectivity index (χ4v) is 2.71. The highest BCUT2D eigenvalue weighted by molar-refractivity contribution is 5.44. The topological polar surface area (TPSA) is 15.3 Å². The first kappa shape index (κ1) is 13.4. The molecule has 0 aliphatic carbocycles. The summed E-state index contributed by atoms with van der Waals surface area (Å²) in [4.78, 5) is 2.62. The first-order chi connectivity index (χ1) is 8.65. The molecule has 2 nitrogen and oxygen atoms in total. The quantitative estimate of drug-likeness (QED) is 0.874. The highest BCUT2D eigenvalue weighted by atomic mass is 15.2. The largest absolute Gasteiger partial charge is 0.384 e. The van der Waals surface area contributed by atoms with Gasteiger partial charge in [0, 0.05) is 31.4 Å². The van der Waals surface area contributed by atoms with Gasteiger partial charge in [-0.25, -0.2) is 0 Å². The summed E-state index contributed by atoms with van der Waals surface area (Å²) in [6, 6.07) is 9.40. The van der Waals surface area contributed by atoms with Gasteiger partial charge in [0.1, 0.15) is 0 Å². The van der Waals surface area contributed by atoms with Gasteiger partial charge in [0.15, 0.2) is 0 Å². The van der Waals surface area contributed by atoms with Crippen molar-refractivity contribution in [1.29, 1.82) is 0 Å². The minimum atomic E-state index is 0.751. The zero-order valence-electron chi connectivity index (χ0n) is 11.9. The molecule has 1 N–H and O–H groups in total. The molecule has 1 fully saturated rings. The SMILES string of the molecule is Cc1ccc(NCCN2CC(C)CCC2C)cc1. The van der Waals surface area contributed by atoms with Gasteiger partial charge in [0.25, 0.3) is 0 Å². The monoisotopic (exact) mass is 246 g/mol. The van der Waals surface area contributed by atoms with Crippen molar-refractivity contribution in [2.75, 3.05) is 25.0 Å². The molecule has 0 bridgehead atoms. The van der Waals surface area contributed by atoms with Gasteiger partial charge < -0.3 is 5.32 Å². The van der Waals surface area contributed by atoms with Crippen LogP contribution in [0.4, 0.5) is 5.69 Å². The fraction of sp³-hybridized carbons (Fsp3) is 0.625. The van der Waals surface area contributed by atoms with Crippen molar-refractivity contribution < 1.29 is 0 Å². The van der Waals surface area contributed by atoms with Crippen molar-refractivity contribution in [1.82, 2.24) is 4.90 Å². The molecule has 1 aromatic carbocycles. The van der Waals surface area contributed by atoms with Crippen LogP contribution in [0, 0.1) is 12.8 Å². The molecule has 18 heavy (non-hydrogen) atoms. The molecule has 1 aliphatic rings. The third-order valence-electron chi connectivity index (χ3n) is 4.03. The number of hydrogen-bond donors (Lipinski definition) is 1. The second-order valence-corrected chi connectivity index (χ2v) is 5.82. The van der Waals surface area contributed by atoms with Gasteiger partial charge in [-0.1, -0.05) is 24.6 Å². The van der Waals surface area contributed by atoms with Crippen LogP contribution in [0.3, 0.4) is 0 Å². The van der Waals surface area contributed by atoms with E-state index < -0.39 is 0 Å². The van der Waals surface area contributed by atoms with Crippen molar-refractivity contribution in [3.8, 4) is 0 Å². The number of likely N-dealkylation sites (tertiary alicyclic amines) is 1. The lowest BCUT2D eigenvalue weighted by molar-refractivity contribution is 0.130. The van der Waals surface area contributed by atoms with Crippen LogP contribution >= 0.6 is 0 Å². The Hall–Kier alpha value is -1.02. The molecule has 2 heteroatoms. The number of aryl methyl sites for hydroxylation is 1. The van der Waals surface area contributed by atoms with E-state index in [-0.39, 0.29) is 0 Å². The minimum Gasteiger partial charge on any atom is -0.384 e. The smallest absolute Gasteiger partial charge is 0.0340 e. The second kappa shape index (κ2) is 6.24. The van der Waals surface area contributed by atoms with Gasteiger partial charge in [0.05, 0.1) is 0 Å². The third kappa shape index (κ3) is 3.74. The summed E-state index contributed by atoms with van der Waals surface area (Å²) in [5.41, 5.74) is 2.55. The van der Waals surface area contributed by atoms with E-state index in [0.29, 0.717) is 0 Å². The normalized spacial score (nSPS) is 25.1. The van der Waals surface area contributed by atoms with Crippen molar-refractivity contribution in [3.05, 3.63) is 29.8 Å². The summed E-state index contributed by atoms with van der Waals surface area (Å²) in [7, 11) is 0. The van der Waals surface area contributed by atoms with Gasteiger partial charge in [-0.3, -0.25) is 4.90 Å². The first-order valence-electron chi connectivity index (χ1n) is 7.20. The van der Waals surface area contributed by atoms with Gasteiger partial charge in [-0.15, -0.1) is 0 Å². The second-order valence-electron chi connectivity index (χ2n) is 5.82. The molecule has 1 aromatic rings. The summed E-state index contributed by atoms with van der Waals surface area (Å²) in [5.74, 6) is 0.862. The van der Waals surface area contributed by atoms with Crippen molar-refractivity contribution >= 4 is 5.69 Å². The Morgan fingerprint density at radius 3 is 2.61 bits per heavy atom. The minimum absolute atomic E-state index is 0.751. The predicted octanol–water partition coefficient (Wildman–Crippen LogP) is 3.53. The molecule has 2 atom stereocenters. The van der Waals surface area contributed by atoms with E-state index >= 15 is 0 Å². The summed E-state index contributed by atoms with van der Waals surface area (Å²) in [5, 5.41) is 3.51. The van der Waals surface area contributed by atoms with Crippen LogP contribution in [0.25, 0.3) is 0 Å². The van der Waals surface area contributed by atoms with Gasteiger partial charge in [-0.05, 0) is 44.7 Å². The lowest BCUT2D eigenvalue weighted by Crippen LogP contribution is -2.43. The Morgan fingerprint density at radius 2 is 1.89 bits per heavy atom. The molecule has 0 spiro atoms. The molecule has 100 valence electrons. The highest BCUT2D eigenvalue weighted by Crippen LogP contribution is 2.20. The number of nitrogens with one attached hydrogen (secondary N) is 1. The molecule has 1 aliphatic heterocycles. The number of piperidine rings is 1. The van der Waals surface area contributed by atoms with E-state index in [0.717, 1.165) is 25.0 Å². The lowest BCUT2D eigenvalue weighted by Gasteiger charge is -2.36. The molecule has 2 rings (SSSR count). The van der Waals surface area contributed by atoms with E-state index in [4.69, 9.17) is 0 Å². The molecule has 0 aromatic heterocycles. The zero-order valence-corrected chi connectivity index (χ0v) is 11.9. The van der Waals surface area contributed by atoms with E-state index in [1.807, 2.05) is 0 Å². The van der Waals surface area contributed by atoms with E-state index in [9.17, 15) is 0 Å². The molecule has 1 heterocycles. The van der Waals surface area contributed by atoms with Crippen LogP contribution in [0.2, 0.25) is 0 Å². The Morgan fingerprint density at radius 1 is 1.17 bits per heavy atom. The first-order valence-corrected chi connectivity index (χ1v) is 7.20. The standard InChI is InChI=1S/C16H26N2/c1-13-5-8-16(9-6-13)17-10-11-18-12-14(2)4-7-15(18)3/h5-6,8-9,14-15,17H,4,7,10-12H2,1-3H3. The summed E-state index contributed by atoms with van der Waals surface area (Å²) in [6.45, 7) is 10.3. The Balaban J connectivity index is 1.76. The van der Waals surface area contributed by atoms with Crippen LogP contribution in [0.15, 0.2) is 24.3 Å². The van der Waals surface area contributed by atoms with Crippen LogP contribution in [0.5, 0.6) is 0 Å². The average molecular weight is 246 g/mol. The number of anilines is 1. The average Bonchev–Trinajstić information content (AvgIpc) is 2.36. The maximum Gasteiger partial charge on any atom is 0.0340 e. The summed E-state index contributed by atoms with van der Waals surface area (Å²) >= 11 is 0. The van der Waals surface area contributed by atoms with E-state index in [1.54, 1.807) is 0 Å². The summed E-state index contributed by atoms with van der Waals surface area (Å²) < 4.78 is 0. The maximum atomic E-state index is 3.51. The lowest BCUT2D eigenvalue weighted by atomic mass is 9.95. The van der Waals surface area contributed by atoms with Gasteiger partial charge in [-0.2, -0.15) is 0 Å². The maximum absolute atomic E-state index is 3.51. The zero-order chi connectivity index (χ0) is 13.0. The predicted molar refractivity (Wildman–Crippen MR) is 79.1 cm³/mol. The van der Waals surface area contributed by atoms with Crippen molar-refractivity contribution in [3.63, 3.8) is 0 Å². The molecular formula is C16H26N2. The van der Waals surface area contributed by atoms with E-state index in [2.05, 4.69) is 55.3 Å². The molecule has 1 saturated heterocycles. The van der Waals surface area contributed by atoms with Gasteiger partial charge >= 0.3 is 0 Å². The Labute approximate surface area is 111 Å². The van der Waals surface area contributed by atoms with Gasteiger partial charge in [0.2, 0.25) is 0 Å². The third-order valence-corrected chi connectivity index (χ3v) is 4.03. The number of rotatable bonds is 4.